The van der Waals surface area contributed by atoms with Crippen molar-refractivity contribution in [3.63, 3.8) is 0 Å². The lowest BCUT2D eigenvalue weighted by Gasteiger charge is -1.99. The van der Waals surface area contributed by atoms with Crippen LogP contribution in [-0.2, 0) is 0 Å². The molecule has 12 heavy (non-hydrogen) atoms. The van der Waals surface area contributed by atoms with Crippen molar-refractivity contribution in [1.82, 2.24) is 5.32 Å². The summed E-state index contributed by atoms with van der Waals surface area (Å²) >= 11 is 0. The predicted octanol–water partition coefficient (Wildman–Crippen LogP) is 1.42. The Morgan fingerprint density at radius 1 is 1.75 bits per heavy atom. The van der Waals surface area contributed by atoms with Gasteiger partial charge in [0, 0.05) is 6.04 Å². The number of carbonyl (C=O) groups excluding carboxylic acids is 1. The summed E-state index contributed by atoms with van der Waals surface area (Å²) in [5.74, 6) is 0.610. The molecule has 64 valence electrons. The fraction of sp³-hybridized carbons (Fsp3) is 0.444. The number of rotatable bonds is 2. The molecule has 0 spiro atoms. The van der Waals surface area contributed by atoms with E-state index in [0.717, 1.165) is 6.42 Å². The number of furan rings is 1. The van der Waals surface area contributed by atoms with Crippen molar-refractivity contribution in [3.05, 3.63) is 24.2 Å². The summed E-state index contributed by atoms with van der Waals surface area (Å²) in [6.45, 7) is 2.13. The summed E-state index contributed by atoms with van der Waals surface area (Å²) in [4.78, 5) is 11.3. The molecule has 3 heteroatoms. The molecule has 2 atom stereocenters. The van der Waals surface area contributed by atoms with Gasteiger partial charge in [-0.05, 0) is 18.4 Å². The molecule has 1 saturated carbocycles. The van der Waals surface area contributed by atoms with Gasteiger partial charge in [-0.25, -0.2) is 0 Å². The molecule has 1 aromatic rings. The maximum atomic E-state index is 11.3. The summed E-state index contributed by atoms with van der Waals surface area (Å²) in [5.41, 5.74) is 0.606. The molecule has 3 nitrogen and oxygen atoms in total. The van der Waals surface area contributed by atoms with Crippen LogP contribution < -0.4 is 5.32 Å². The van der Waals surface area contributed by atoms with Crippen LogP contribution >= 0.6 is 0 Å². The zero-order valence-corrected chi connectivity index (χ0v) is 6.91. The average molecular weight is 165 g/mol. The Bertz CT molecular complexity index is 279. The molecule has 0 saturated heterocycles. The highest BCUT2D eigenvalue weighted by Gasteiger charge is 2.34. The van der Waals surface area contributed by atoms with Crippen LogP contribution in [0.5, 0.6) is 0 Å². The van der Waals surface area contributed by atoms with Gasteiger partial charge in [-0.1, -0.05) is 6.92 Å². The Labute approximate surface area is 70.8 Å². The van der Waals surface area contributed by atoms with Crippen LogP contribution in [0.2, 0.25) is 0 Å². The maximum Gasteiger partial charge on any atom is 0.254 e. The van der Waals surface area contributed by atoms with Gasteiger partial charge >= 0.3 is 0 Å². The lowest BCUT2D eigenvalue weighted by Crippen LogP contribution is -2.25. The molecule has 1 N–H and O–H groups in total. The molecule has 1 amide bonds. The third-order valence-corrected chi connectivity index (χ3v) is 2.21. The van der Waals surface area contributed by atoms with Crippen molar-refractivity contribution in [3.8, 4) is 0 Å². The summed E-state index contributed by atoms with van der Waals surface area (Å²) in [6, 6.07) is 2.05. The van der Waals surface area contributed by atoms with Crippen LogP contribution in [0.15, 0.2) is 23.0 Å². The van der Waals surface area contributed by atoms with Gasteiger partial charge in [0.25, 0.3) is 5.91 Å². The van der Waals surface area contributed by atoms with E-state index in [2.05, 4.69) is 12.2 Å². The topological polar surface area (TPSA) is 42.2 Å². The summed E-state index contributed by atoms with van der Waals surface area (Å²) in [7, 11) is 0. The van der Waals surface area contributed by atoms with Gasteiger partial charge in [-0.3, -0.25) is 4.79 Å². The standard InChI is InChI=1S/C9H11NO2/c1-6-4-8(6)10-9(11)7-2-3-12-5-7/h2-3,5-6,8H,4H2,1H3,(H,10,11)/t6-,8-/m1/s1. The SMILES string of the molecule is C[C@@H]1C[C@H]1NC(=O)c1ccoc1. The molecule has 1 fully saturated rings. The number of hydrogen-bond donors (Lipinski definition) is 1. The minimum absolute atomic E-state index is 0.0295. The van der Waals surface area contributed by atoms with Gasteiger partial charge in [0.1, 0.15) is 6.26 Å². The first-order valence-electron chi connectivity index (χ1n) is 4.10. The third-order valence-electron chi connectivity index (χ3n) is 2.21. The summed E-state index contributed by atoms with van der Waals surface area (Å²) in [5, 5.41) is 2.91. The minimum atomic E-state index is -0.0295. The molecular weight excluding hydrogens is 154 g/mol. The second-order valence-electron chi connectivity index (χ2n) is 3.30. The van der Waals surface area contributed by atoms with Crippen molar-refractivity contribution in [2.24, 2.45) is 5.92 Å². The van der Waals surface area contributed by atoms with E-state index in [1.165, 1.54) is 12.5 Å². The zero-order valence-electron chi connectivity index (χ0n) is 6.91. The molecule has 1 aliphatic rings. The van der Waals surface area contributed by atoms with Gasteiger partial charge < -0.3 is 9.73 Å². The molecule has 1 aliphatic carbocycles. The highest BCUT2D eigenvalue weighted by Crippen LogP contribution is 2.29. The summed E-state index contributed by atoms with van der Waals surface area (Å²) < 4.78 is 4.80. The van der Waals surface area contributed by atoms with Gasteiger partial charge in [-0.15, -0.1) is 0 Å². The number of nitrogens with one attached hydrogen (secondary N) is 1. The van der Waals surface area contributed by atoms with Crippen LogP contribution in [0, 0.1) is 5.92 Å². The van der Waals surface area contributed by atoms with Crippen LogP contribution in [0.25, 0.3) is 0 Å². The van der Waals surface area contributed by atoms with Gasteiger partial charge in [0.15, 0.2) is 0 Å². The molecule has 0 bridgehead atoms. The smallest absolute Gasteiger partial charge is 0.254 e. The van der Waals surface area contributed by atoms with Gasteiger partial charge in [0.05, 0.1) is 11.8 Å². The second-order valence-corrected chi connectivity index (χ2v) is 3.30. The lowest BCUT2D eigenvalue weighted by molar-refractivity contribution is 0.0948. The van der Waals surface area contributed by atoms with Gasteiger partial charge in [-0.2, -0.15) is 0 Å². The van der Waals surface area contributed by atoms with Crippen molar-refractivity contribution in [2.75, 3.05) is 0 Å². The van der Waals surface area contributed by atoms with Crippen LogP contribution in [-0.4, -0.2) is 11.9 Å². The predicted molar refractivity (Wildman–Crippen MR) is 43.7 cm³/mol. The largest absolute Gasteiger partial charge is 0.472 e. The van der Waals surface area contributed by atoms with Crippen molar-refractivity contribution < 1.29 is 9.21 Å². The first-order chi connectivity index (χ1) is 5.77. The van der Waals surface area contributed by atoms with E-state index in [0.29, 0.717) is 17.5 Å². The Morgan fingerprint density at radius 2 is 2.50 bits per heavy atom. The molecule has 0 unspecified atom stereocenters. The maximum absolute atomic E-state index is 11.3. The molecule has 1 aromatic heterocycles. The Hall–Kier alpha value is -1.25. The molecule has 1 heterocycles. The van der Waals surface area contributed by atoms with E-state index in [9.17, 15) is 4.79 Å². The van der Waals surface area contributed by atoms with E-state index in [1.807, 2.05) is 0 Å². The van der Waals surface area contributed by atoms with Crippen molar-refractivity contribution in [2.45, 2.75) is 19.4 Å². The first-order valence-corrected chi connectivity index (χ1v) is 4.10. The highest BCUT2D eigenvalue weighted by molar-refractivity contribution is 5.94. The average Bonchev–Trinajstić information content (AvgIpc) is 2.58. The van der Waals surface area contributed by atoms with E-state index < -0.39 is 0 Å². The van der Waals surface area contributed by atoms with Gasteiger partial charge in [0.2, 0.25) is 0 Å². The number of hydrogen-bond acceptors (Lipinski definition) is 2. The fourth-order valence-electron chi connectivity index (χ4n) is 1.17. The minimum Gasteiger partial charge on any atom is -0.472 e. The molecule has 2 rings (SSSR count). The summed E-state index contributed by atoms with van der Waals surface area (Å²) in [6.07, 6.45) is 4.07. The van der Waals surface area contributed by atoms with E-state index in [4.69, 9.17) is 4.42 Å². The fourth-order valence-corrected chi connectivity index (χ4v) is 1.17. The monoisotopic (exact) mass is 165 g/mol. The van der Waals surface area contributed by atoms with Crippen LogP contribution in [0.1, 0.15) is 23.7 Å². The quantitative estimate of drug-likeness (QED) is 0.720. The number of carbonyl (C=O) groups is 1. The molecule has 0 aromatic carbocycles. The number of amides is 1. The molecular formula is C9H11NO2. The lowest BCUT2D eigenvalue weighted by atomic mass is 10.3. The second kappa shape index (κ2) is 2.66. The van der Waals surface area contributed by atoms with Crippen LogP contribution in [0.4, 0.5) is 0 Å². The normalized spacial score (nSPS) is 26.8. The van der Waals surface area contributed by atoms with Crippen molar-refractivity contribution in [1.29, 1.82) is 0 Å². The van der Waals surface area contributed by atoms with E-state index in [1.54, 1.807) is 6.07 Å². The Kier molecular flexibility index (Phi) is 1.64. The molecule has 0 aliphatic heterocycles. The Morgan fingerprint density at radius 3 is 3.00 bits per heavy atom. The van der Waals surface area contributed by atoms with E-state index >= 15 is 0 Å². The van der Waals surface area contributed by atoms with Crippen molar-refractivity contribution >= 4 is 5.91 Å². The third kappa shape index (κ3) is 1.35. The molecule has 0 radical (unpaired) electrons. The highest BCUT2D eigenvalue weighted by atomic mass is 16.3. The van der Waals surface area contributed by atoms with Crippen LogP contribution in [0.3, 0.4) is 0 Å². The first kappa shape index (κ1) is 7.40. The van der Waals surface area contributed by atoms with E-state index in [-0.39, 0.29) is 5.91 Å². The Balaban J connectivity index is 1.93. The zero-order chi connectivity index (χ0) is 8.55.